The van der Waals surface area contributed by atoms with Gasteiger partial charge in [-0.3, -0.25) is 4.79 Å². The maximum Gasteiger partial charge on any atom is 0.319 e. The number of carbonyl (C=O) groups excluding carboxylic acids is 2. The molecule has 3 rings (SSSR count). The number of hydrogen-bond donors (Lipinski definition) is 2. The zero-order valence-electron chi connectivity index (χ0n) is 14.2. The van der Waals surface area contributed by atoms with E-state index in [-0.39, 0.29) is 17.9 Å². The van der Waals surface area contributed by atoms with Crippen molar-refractivity contribution in [2.75, 3.05) is 19.0 Å². The summed E-state index contributed by atoms with van der Waals surface area (Å²) in [5.41, 5.74) is 2.12. The van der Waals surface area contributed by atoms with Crippen molar-refractivity contribution in [1.82, 2.24) is 5.32 Å². The summed E-state index contributed by atoms with van der Waals surface area (Å²) in [5.74, 6) is 1.53. The van der Waals surface area contributed by atoms with Crippen molar-refractivity contribution < 1.29 is 19.1 Å². The van der Waals surface area contributed by atoms with E-state index in [4.69, 9.17) is 9.47 Å². The van der Waals surface area contributed by atoms with Crippen LogP contribution in [0.4, 0.5) is 10.5 Å². The minimum atomic E-state index is -0.333. The van der Waals surface area contributed by atoms with E-state index in [2.05, 4.69) is 10.6 Å². The van der Waals surface area contributed by atoms with Crippen molar-refractivity contribution in [2.45, 2.75) is 19.4 Å². The van der Waals surface area contributed by atoms with E-state index < -0.39 is 0 Å². The second-order valence-corrected chi connectivity index (χ2v) is 5.92. The molecule has 0 saturated carbocycles. The Bertz CT molecular complexity index is 804. The Kier molecular flexibility index (Phi) is 4.88. The summed E-state index contributed by atoms with van der Waals surface area (Å²) < 4.78 is 10.9. The predicted molar refractivity (Wildman–Crippen MR) is 94.6 cm³/mol. The molecule has 0 saturated heterocycles. The number of ketones is 1. The highest BCUT2D eigenvalue weighted by molar-refractivity contribution is 5.96. The van der Waals surface area contributed by atoms with Gasteiger partial charge in [-0.15, -0.1) is 0 Å². The topological polar surface area (TPSA) is 76.7 Å². The van der Waals surface area contributed by atoms with Gasteiger partial charge in [-0.2, -0.15) is 0 Å². The summed E-state index contributed by atoms with van der Waals surface area (Å²) >= 11 is 0. The lowest BCUT2D eigenvalue weighted by Gasteiger charge is -2.26. The van der Waals surface area contributed by atoms with Gasteiger partial charge in [0.05, 0.1) is 13.2 Å². The van der Waals surface area contributed by atoms with Gasteiger partial charge in [0, 0.05) is 11.3 Å². The second-order valence-electron chi connectivity index (χ2n) is 5.92. The quantitative estimate of drug-likeness (QED) is 0.839. The number of carbonyl (C=O) groups is 2. The van der Waals surface area contributed by atoms with E-state index in [0.29, 0.717) is 24.3 Å². The smallest absolute Gasteiger partial charge is 0.319 e. The fourth-order valence-corrected chi connectivity index (χ4v) is 2.76. The summed E-state index contributed by atoms with van der Waals surface area (Å²) in [5, 5.41) is 5.64. The maximum absolute atomic E-state index is 12.2. The van der Waals surface area contributed by atoms with E-state index in [9.17, 15) is 9.59 Å². The SMILES string of the molecule is COc1ccc2c(c1)C[C@@H](NC(=O)Nc1cccc(C(C)=O)c1)CO2. The van der Waals surface area contributed by atoms with Crippen LogP contribution in [0.3, 0.4) is 0 Å². The number of urea groups is 1. The molecule has 0 fully saturated rings. The first kappa shape index (κ1) is 16.8. The number of fused-ring (bicyclic) bond motifs is 1. The normalized spacial score (nSPS) is 15.5. The van der Waals surface area contributed by atoms with Crippen molar-refractivity contribution in [2.24, 2.45) is 0 Å². The number of hydrogen-bond acceptors (Lipinski definition) is 4. The third-order valence-corrected chi connectivity index (χ3v) is 4.04. The molecule has 6 nitrogen and oxygen atoms in total. The van der Waals surface area contributed by atoms with Gasteiger partial charge >= 0.3 is 6.03 Å². The fourth-order valence-electron chi connectivity index (χ4n) is 2.76. The Morgan fingerprint density at radius 3 is 2.80 bits per heavy atom. The first-order valence-corrected chi connectivity index (χ1v) is 8.03. The summed E-state index contributed by atoms with van der Waals surface area (Å²) in [7, 11) is 1.61. The van der Waals surface area contributed by atoms with E-state index in [1.807, 2.05) is 18.2 Å². The van der Waals surface area contributed by atoms with Crippen LogP contribution >= 0.6 is 0 Å². The predicted octanol–water partition coefficient (Wildman–Crippen LogP) is 3.02. The molecular weight excluding hydrogens is 320 g/mol. The number of amides is 2. The highest BCUT2D eigenvalue weighted by atomic mass is 16.5. The molecule has 0 aliphatic carbocycles. The number of rotatable bonds is 4. The summed E-state index contributed by atoms with van der Waals surface area (Å²) in [6.07, 6.45) is 0.660. The van der Waals surface area contributed by atoms with Gasteiger partial charge < -0.3 is 20.1 Å². The van der Waals surface area contributed by atoms with E-state index >= 15 is 0 Å². The van der Waals surface area contributed by atoms with Gasteiger partial charge in [0.2, 0.25) is 0 Å². The molecule has 2 aromatic rings. The molecule has 0 aromatic heterocycles. The average Bonchev–Trinajstić information content (AvgIpc) is 2.61. The van der Waals surface area contributed by atoms with Crippen LogP contribution in [0.15, 0.2) is 42.5 Å². The zero-order valence-corrected chi connectivity index (χ0v) is 14.2. The molecule has 1 heterocycles. The number of methoxy groups -OCH3 is 1. The number of Topliss-reactive ketones (excluding diaryl/α,β-unsaturated/α-hetero) is 1. The Balaban J connectivity index is 1.62. The third kappa shape index (κ3) is 4.09. The Morgan fingerprint density at radius 1 is 1.20 bits per heavy atom. The largest absolute Gasteiger partial charge is 0.497 e. The molecule has 130 valence electrons. The summed E-state index contributed by atoms with van der Waals surface area (Å²) in [6.45, 7) is 1.89. The van der Waals surface area contributed by atoms with E-state index in [1.165, 1.54) is 6.92 Å². The number of benzene rings is 2. The molecule has 1 aliphatic heterocycles. The molecule has 6 heteroatoms. The van der Waals surface area contributed by atoms with Gasteiger partial charge in [-0.05, 0) is 49.2 Å². The standard InChI is InChI=1S/C19H20N2O4/c1-12(22)13-4-3-5-15(8-13)20-19(23)21-16-9-14-10-17(24-2)6-7-18(14)25-11-16/h3-8,10,16H,9,11H2,1-2H3,(H2,20,21,23)/t16-/m1/s1. The Morgan fingerprint density at radius 2 is 2.04 bits per heavy atom. The van der Waals surface area contributed by atoms with Crippen LogP contribution in [0.2, 0.25) is 0 Å². The first-order valence-electron chi connectivity index (χ1n) is 8.03. The highest BCUT2D eigenvalue weighted by Gasteiger charge is 2.22. The zero-order chi connectivity index (χ0) is 17.8. The molecule has 2 N–H and O–H groups in total. The lowest BCUT2D eigenvalue weighted by molar-refractivity contribution is 0.101. The molecule has 1 atom stereocenters. The number of anilines is 1. The highest BCUT2D eigenvalue weighted by Crippen LogP contribution is 2.28. The molecule has 0 bridgehead atoms. The molecule has 0 unspecified atom stereocenters. The van der Waals surface area contributed by atoms with Crippen molar-refractivity contribution in [1.29, 1.82) is 0 Å². The van der Waals surface area contributed by atoms with Crippen molar-refractivity contribution >= 4 is 17.5 Å². The van der Waals surface area contributed by atoms with Crippen molar-refractivity contribution in [3.8, 4) is 11.5 Å². The van der Waals surface area contributed by atoms with E-state index in [1.54, 1.807) is 31.4 Å². The van der Waals surface area contributed by atoms with Gasteiger partial charge in [-0.1, -0.05) is 12.1 Å². The van der Waals surface area contributed by atoms with Crippen LogP contribution in [0.1, 0.15) is 22.8 Å². The van der Waals surface area contributed by atoms with Crippen molar-refractivity contribution in [3.05, 3.63) is 53.6 Å². The van der Waals surface area contributed by atoms with Crippen LogP contribution < -0.4 is 20.1 Å². The average molecular weight is 340 g/mol. The van der Waals surface area contributed by atoms with Crippen LogP contribution in [-0.4, -0.2) is 31.6 Å². The van der Waals surface area contributed by atoms with Crippen LogP contribution in [-0.2, 0) is 6.42 Å². The van der Waals surface area contributed by atoms with E-state index in [0.717, 1.165) is 17.1 Å². The van der Waals surface area contributed by atoms with Gasteiger partial charge in [0.1, 0.15) is 18.1 Å². The Hall–Kier alpha value is -3.02. The molecule has 1 aliphatic rings. The van der Waals surface area contributed by atoms with Gasteiger partial charge in [-0.25, -0.2) is 4.79 Å². The summed E-state index contributed by atoms with van der Waals surface area (Å²) in [6, 6.07) is 12.0. The van der Waals surface area contributed by atoms with Gasteiger partial charge in [0.15, 0.2) is 5.78 Å². The molecule has 25 heavy (non-hydrogen) atoms. The fraction of sp³-hybridized carbons (Fsp3) is 0.263. The van der Waals surface area contributed by atoms with Gasteiger partial charge in [0.25, 0.3) is 0 Å². The van der Waals surface area contributed by atoms with Crippen molar-refractivity contribution in [3.63, 3.8) is 0 Å². The van der Waals surface area contributed by atoms with Crippen LogP contribution in [0, 0.1) is 0 Å². The molecule has 2 amide bonds. The summed E-state index contributed by atoms with van der Waals surface area (Å²) in [4.78, 5) is 23.6. The lowest BCUT2D eigenvalue weighted by Crippen LogP contribution is -2.44. The third-order valence-electron chi connectivity index (χ3n) is 4.04. The Labute approximate surface area is 146 Å². The molecule has 0 spiro atoms. The number of ether oxygens (including phenoxy) is 2. The molecular formula is C19H20N2O4. The molecule has 0 radical (unpaired) electrons. The first-order chi connectivity index (χ1) is 12.0. The second kappa shape index (κ2) is 7.25. The molecule has 2 aromatic carbocycles. The monoisotopic (exact) mass is 340 g/mol. The minimum Gasteiger partial charge on any atom is -0.497 e. The maximum atomic E-state index is 12.2. The lowest BCUT2D eigenvalue weighted by atomic mass is 10.0. The van der Waals surface area contributed by atoms with Crippen LogP contribution in [0.5, 0.6) is 11.5 Å². The number of nitrogens with one attached hydrogen (secondary N) is 2. The minimum absolute atomic E-state index is 0.0460. The van der Waals surface area contributed by atoms with Crippen LogP contribution in [0.25, 0.3) is 0 Å².